The van der Waals surface area contributed by atoms with Crippen LogP contribution in [0.5, 0.6) is 0 Å². The van der Waals surface area contributed by atoms with Crippen LogP contribution in [-0.4, -0.2) is 26.8 Å². The summed E-state index contributed by atoms with van der Waals surface area (Å²) in [5.74, 6) is 1.68. The molecule has 5 heteroatoms. The van der Waals surface area contributed by atoms with E-state index in [1.807, 2.05) is 4.68 Å². The van der Waals surface area contributed by atoms with Gasteiger partial charge >= 0.3 is 0 Å². The van der Waals surface area contributed by atoms with Crippen molar-refractivity contribution in [1.82, 2.24) is 25.5 Å². The SMILES string of the molecule is CCNCc1nnnn1C(C)(C)C1CC1. The monoisotopic (exact) mass is 209 g/mol. The molecule has 1 saturated carbocycles. The van der Waals surface area contributed by atoms with Crippen LogP contribution in [0.4, 0.5) is 0 Å². The number of nitrogens with one attached hydrogen (secondary N) is 1. The molecule has 0 radical (unpaired) electrons. The average Bonchev–Trinajstić information content (AvgIpc) is 2.95. The molecule has 0 amide bonds. The summed E-state index contributed by atoms with van der Waals surface area (Å²) >= 11 is 0. The first kappa shape index (κ1) is 10.5. The van der Waals surface area contributed by atoms with Crippen LogP contribution >= 0.6 is 0 Å². The molecular weight excluding hydrogens is 190 g/mol. The maximum atomic E-state index is 4.12. The molecule has 5 nitrogen and oxygen atoms in total. The van der Waals surface area contributed by atoms with E-state index in [-0.39, 0.29) is 5.54 Å². The average molecular weight is 209 g/mol. The minimum Gasteiger partial charge on any atom is -0.310 e. The van der Waals surface area contributed by atoms with Gasteiger partial charge in [-0.3, -0.25) is 0 Å². The van der Waals surface area contributed by atoms with E-state index in [4.69, 9.17) is 0 Å². The maximum Gasteiger partial charge on any atom is 0.165 e. The Morgan fingerprint density at radius 2 is 2.20 bits per heavy atom. The van der Waals surface area contributed by atoms with E-state index in [0.717, 1.165) is 24.8 Å². The first-order valence-corrected chi connectivity index (χ1v) is 5.64. The van der Waals surface area contributed by atoms with Gasteiger partial charge in [-0.2, -0.15) is 0 Å². The molecule has 0 spiro atoms. The summed E-state index contributed by atoms with van der Waals surface area (Å²) in [6.45, 7) is 8.21. The molecule has 1 aromatic heterocycles. The second kappa shape index (κ2) is 3.89. The lowest BCUT2D eigenvalue weighted by Gasteiger charge is -2.25. The standard InChI is InChI=1S/C10H19N5/c1-4-11-7-9-12-13-14-15(9)10(2,3)8-5-6-8/h8,11H,4-7H2,1-3H3. The molecule has 1 heterocycles. The molecule has 84 valence electrons. The lowest BCUT2D eigenvalue weighted by atomic mass is 9.99. The van der Waals surface area contributed by atoms with Crippen LogP contribution in [0.15, 0.2) is 0 Å². The van der Waals surface area contributed by atoms with Gasteiger partial charge in [0.1, 0.15) is 0 Å². The fraction of sp³-hybridized carbons (Fsp3) is 0.900. The van der Waals surface area contributed by atoms with E-state index in [9.17, 15) is 0 Å². The van der Waals surface area contributed by atoms with Gasteiger partial charge in [0.15, 0.2) is 5.82 Å². The van der Waals surface area contributed by atoms with Crippen LogP contribution in [0, 0.1) is 5.92 Å². The fourth-order valence-corrected chi connectivity index (χ4v) is 1.96. The van der Waals surface area contributed by atoms with Gasteiger partial charge in [0.2, 0.25) is 0 Å². The number of aromatic nitrogens is 4. The van der Waals surface area contributed by atoms with Crippen LogP contribution in [0.25, 0.3) is 0 Å². The Hall–Kier alpha value is -0.970. The van der Waals surface area contributed by atoms with E-state index in [1.165, 1.54) is 12.8 Å². The summed E-state index contributed by atoms with van der Waals surface area (Å²) in [6.07, 6.45) is 2.60. The minimum absolute atomic E-state index is 0.0637. The summed E-state index contributed by atoms with van der Waals surface area (Å²) < 4.78 is 1.98. The van der Waals surface area contributed by atoms with Crippen molar-refractivity contribution in [1.29, 1.82) is 0 Å². The predicted molar refractivity (Wildman–Crippen MR) is 57.2 cm³/mol. The molecule has 15 heavy (non-hydrogen) atoms. The first-order valence-electron chi connectivity index (χ1n) is 5.64. The quantitative estimate of drug-likeness (QED) is 0.783. The summed E-state index contributed by atoms with van der Waals surface area (Å²) in [6, 6.07) is 0. The molecule has 1 aliphatic carbocycles. The van der Waals surface area contributed by atoms with Gasteiger partial charge in [0, 0.05) is 0 Å². The third-order valence-electron chi connectivity index (χ3n) is 3.19. The molecule has 1 aromatic rings. The fourth-order valence-electron chi connectivity index (χ4n) is 1.96. The molecule has 2 rings (SSSR count). The van der Waals surface area contributed by atoms with Gasteiger partial charge < -0.3 is 5.32 Å². The molecule has 0 atom stereocenters. The molecule has 0 aromatic carbocycles. The molecule has 0 unspecified atom stereocenters. The normalized spacial score (nSPS) is 17.0. The number of hydrogen-bond acceptors (Lipinski definition) is 4. The van der Waals surface area contributed by atoms with Crippen molar-refractivity contribution >= 4 is 0 Å². The van der Waals surface area contributed by atoms with Crippen molar-refractivity contribution in [3.05, 3.63) is 5.82 Å². The van der Waals surface area contributed by atoms with Crippen LogP contribution in [-0.2, 0) is 12.1 Å². The summed E-state index contributed by atoms with van der Waals surface area (Å²) in [4.78, 5) is 0. The lowest BCUT2D eigenvalue weighted by Crippen LogP contribution is -2.33. The highest BCUT2D eigenvalue weighted by Gasteiger charge is 2.41. The minimum atomic E-state index is 0.0637. The summed E-state index contributed by atoms with van der Waals surface area (Å²) in [5.41, 5.74) is 0.0637. The molecule has 1 fully saturated rings. The number of hydrogen-bond donors (Lipinski definition) is 1. The predicted octanol–water partition coefficient (Wildman–Crippen LogP) is 0.928. The second-order valence-electron chi connectivity index (χ2n) is 4.72. The number of nitrogens with zero attached hydrogens (tertiary/aromatic N) is 4. The Balaban J connectivity index is 2.15. The van der Waals surface area contributed by atoms with Crippen LogP contribution in [0.1, 0.15) is 39.4 Å². The molecule has 1 aliphatic rings. The summed E-state index contributed by atoms with van der Waals surface area (Å²) in [7, 11) is 0. The molecule has 0 aliphatic heterocycles. The zero-order valence-electron chi connectivity index (χ0n) is 9.69. The van der Waals surface area contributed by atoms with Gasteiger partial charge in [-0.1, -0.05) is 6.92 Å². The Morgan fingerprint density at radius 3 is 2.80 bits per heavy atom. The van der Waals surface area contributed by atoms with Crippen molar-refractivity contribution in [2.24, 2.45) is 5.92 Å². The van der Waals surface area contributed by atoms with Gasteiger partial charge in [0.25, 0.3) is 0 Å². The molecular formula is C10H19N5. The summed E-state index contributed by atoms with van der Waals surface area (Å²) in [5, 5.41) is 15.2. The maximum absolute atomic E-state index is 4.12. The highest BCUT2D eigenvalue weighted by Crippen LogP contribution is 2.43. The topological polar surface area (TPSA) is 55.6 Å². The Bertz CT molecular complexity index is 326. The first-order chi connectivity index (χ1) is 7.16. The van der Waals surface area contributed by atoms with Crippen molar-refractivity contribution in [2.45, 2.75) is 45.7 Å². The largest absolute Gasteiger partial charge is 0.310 e. The van der Waals surface area contributed by atoms with Crippen LogP contribution < -0.4 is 5.32 Å². The highest BCUT2D eigenvalue weighted by atomic mass is 15.6. The Labute approximate surface area is 90.2 Å². The van der Waals surface area contributed by atoms with Crippen LogP contribution in [0.3, 0.4) is 0 Å². The van der Waals surface area contributed by atoms with Crippen molar-refractivity contribution in [3.8, 4) is 0 Å². The zero-order chi connectivity index (χ0) is 10.9. The van der Waals surface area contributed by atoms with Gasteiger partial charge in [-0.25, -0.2) is 4.68 Å². The van der Waals surface area contributed by atoms with E-state index >= 15 is 0 Å². The smallest absolute Gasteiger partial charge is 0.165 e. The van der Waals surface area contributed by atoms with Crippen molar-refractivity contribution in [3.63, 3.8) is 0 Å². The van der Waals surface area contributed by atoms with Crippen molar-refractivity contribution in [2.75, 3.05) is 6.54 Å². The van der Waals surface area contributed by atoms with E-state index in [2.05, 4.69) is 41.6 Å². The number of tetrazole rings is 1. The number of rotatable bonds is 5. The lowest BCUT2D eigenvalue weighted by molar-refractivity contribution is 0.258. The van der Waals surface area contributed by atoms with Gasteiger partial charge in [0.05, 0.1) is 12.1 Å². The molecule has 1 N–H and O–H groups in total. The Morgan fingerprint density at radius 1 is 1.47 bits per heavy atom. The third-order valence-corrected chi connectivity index (χ3v) is 3.19. The Kier molecular flexibility index (Phi) is 2.73. The van der Waals surface area contributed by atoms with Crippen molar-refractivity contribution < 1.29 is 0 Å². The molecule has 0 bridgehead atoms. The zero-order valence-corrected chi connectivity index (χ0v) is 9.69. The van der Waals surface area contributed by atoms with Gasteiger partial charge in [-0.05, 0) is 49.6 Å². The highest BCUT2D eigenvalue weighted by molar-refractivity contribution is 4.96. The van der Waals surface area contributed by atoms with E-state index in [1.54, 1.807) is 0 Å². The van der Waals surface area contributed by atoms with E-state index in [0.29, 0.717) is 0 Å². The van der Waals surface area contributed by atoms with Crippen LogP contribution in [0.2, 0.25) is 0 Å². The third kappa shape index (κ3) is 2.02. The molecule has 0 saturated heterocycles. The second-order valence-corrected chi connectivity index (χ2v) is 4.72. The van der Waals surface area contributed by atoms with Gasteiger partial charge in [-0.15, -0.1) is 5.10 Å². The van der Waals surface area contributed by atoms with E-state index < -0.39 is 0 Å².